The molecule has 0 radical (unpaired) electrons. The lowest BCUT2D eigenvalue weighted by Crippen LogP contribution is -2.44. The minimum atomic E-state index is -0.381. The number of hydrogen-bond donors (Lipinski definition) is 0. The highest BCUT2D eigenvalue weighted by Gasteiger charge is 2.39. The van der Waals surface area contributed by atoms with Gasteiger partial charge in [0.25, 0.3) is 0 Å². The van der Waals surface area contributed by atoms with Crippen molar-refractivity contribution in [1.82, 2.24) is 0 Å². The SMILES string of the molecule is CC(C)OCCOC(C)CC(C)(C)C(C)(C)OCCC(C)(C)OCCOC(=O)C(CC(C)(C)C)C(C)(C)C. The molecule has 0 aromatic carbocycles. The largest absolute Gasteiger partial charge is 0.463 e. The summed E-state index contributed by atoms with van der Waals surface area (Å²) in [5.74, 6) is -0.275. The van der Waals surface area contributed by atoms with Gasteiger partial charge in [0, 0.05) is 0 Å². The standard InChI is InChI=1S/C32H64O6/c1-24(2)34-18-19-35-25(3)22-30(10,11)32(14,15)38-17-16-31(12,13)37-21-20-36-27(33)26(29(7,8)9)23-28(4,5)6/h24-26H,16-23H2,1-15H3. The molecule has 0 aliphatic carbocycles. The Bertz CT molecular complexity index is 666. The van der Waals surface area contributed by atoms with Gasteiger partial charge in [0.15, 0.2) is 0 Å². The first-order valence-electron chi connectivity index (χ1n) is 14.7. The molecule has 0 aliphatic heterocycles. The van der Waals surface area contributed by atoms with Crippen molar-refractivity contribution < 1.29 is 28.5 Å². The average Bonchev–Trinajstić information content (AvgIpc) is 2.70. The number of rotatable bonds is 18. The maximum Gasteiger partial charge on any atom is 0.309 e. The molecule has 0 saturated heterocycles. The predicted octanol–water partition coefficient (Wildman–Crippen LogP) is 7.86. The normalized spacial score (nSPS) is 15.6. The molecule has 38 heavy (non-hydrogen) atoms. The van der Waals surface area contributed by atoms with Crippen molar-refractivity contribution in [3.63, 3.8) is 0 Å². The van der Waals surface area contributed by atoms with Gasteiger partial charge in [-0.15, -0.1) is 0 Å². The van der Waals surface area contributed by atoms with Gasteiger partial charge in [-0.1, -0.05) is 55.4 Å². The second-order valence-corrected chi connectivity index (χ2v) is 15.3. The minimum Gasteiger partial charge on any atom is -0.463 e. The average molecular weight is 545 g/mol. The van der Waals surface area contributed by atoms with E-state index in [9.17, 15) is 4.79 Å². The van der Waals surface area contributed by atoms with Crippen molar-refractivity contribution in [3.05, 3.63) is 0 Å². The van der Waals surface area contributed by atoms with E-state index in [2.05, 4.69) is 90.0 Å². The highest BCUT2D eigenvalue weighted by atomic mass is 16.6. The third-order valence-electron chi connectivity index (χ3n) is 7.50. The van der Waals surface area contributed by atoms with Crippen molar-refractivity contribution in [3.8, 4) is 0 Å². The van der Waals surface area contributed by atoms with Crippen LogP contribution in [0.15, 0.2) is 0 Å². The zero-order chi connectivity index (χ0) is 30.0. The van der Waals surface area contributed by atoms with E-state index in [1.165, 1.54) is 0 Å². The van der Waals surface area contributed by atoms with Crippen LogP contribution in [-0.2, 0) is 28.5 Å². The van der Waals surface area contributed by atoms with Crippen LogP contribution in [0.5, 0.6) is 0 Å². The molecule has 6 nitrogen and oxygen atoms in total. The Labute approximate surface area is 236 Å². The lowest BCUT2D eigenvalue weighted by Gasteiger charge is -2.43. The summed E-state index contributed by atoms with van der Waals surface area (Å²) in [5, 5.41) is 0. The molecule has 0 spiro atoms. The first kappa shape index (κ1) is 37.3. The van der Waals surface area contributed by atoms with Gasteiger partial charge in [0.05, 0.1) is 55.8 Å². The van der Waals surface area contributed by atoms with Gasteiger partial charge in [0.2, 0.25) is 0 Å². The Hall–Kier alpha value is -0.690. The molecule has 0 saturated carbocycles. The van der Waals surface area contributed by atoms with Crippen molar-refractivity contribution in [1.29, 1.82) is 0 Å². The van der Waals surface area contributed by atoms with Gasteiger partial charge in [-0.3, -0.25) is 4.79 Å². The van der Waals surface area contributed by atoms with E-state index in [0.29, 0.717) is 26.4 Å². The third-order valence-corrected chi connectivity index (χ3v) is 7.50. The number of hydrogen-bond acceptors (Lipinski definition) is 6. The van der Waals surface area contributed by atoms with E-state index in [-0.39, 0.29) is 58.1 Å². The Morgan fingerprint density at radius 1 is 0.658 bits per heavy atom. The van der Waals surface area contributed by atoms with E-state index in [1.54, 1.807) is 0 Å². The second kappa shape index (κ2) is 15.3. The highest BCUT2D eigenvalue weighted by Crippen LogP contribution is 2.39. The molecule has 0 N–H and O–H groups in total. The third kappa shape index (κ3) is 15.8. The fourth-order valence-electron chi connectivity index (χ4n) is 4.29. The maximum absolute atomic E-state index is 12.8. The molecular formula is C32H64O6. The molecule has 2 atom stereocenters. The Morgan fingerprint density at radius 3 is 1.71 bits per heavy atom. The number of esters is 1. The summed E-state index contributed by atoms with van der Waals surface area (Å²) >= 11 is 0. The predicted molar refractivity (Wildman–Crippen MR) is 158 cm³/mol. The van der Waals surface area contributed by atoms with E-state index in [1.807, 2.05) is 13.8 Å². The monoisotopic (exact) mass is 544 g/mol. The molecule has 0 amide bonds. The quantitative estimate of drug-likeness (QED) is 0.129. The van der Waals surface area contributed by atoms with Crippen LogP contribution in [-0.4, -0.2) is 62.4 Å². The molecule has 0 rings (SSSR count). The van der Waals surface area contributed by atoms with Gasteiger partial charge in [-0.2, -0.15) is 0 Å². The molecule has 0 aromatic heterocycles. The maximum atomic E-state index is 12.8. The van der Waals surface area contributed by atoms with Crippen molar-refractivity contribution in [2.45, 2.75) is 147 Å². The topological polar surface area (TPSA) is 63.2 Å². The van der Waals surface area contributed by atoms with Crippen molar-refractivity contribution in [2.24, 2.45) is 22.2 Å². The van der Waals surface area contributed by atoms with E-state index in [0.717, 1.165) is 19.3 Å². The van der Waals surface area contributed by atoms with Gasteiger partial charge >= 0.3 is 5.97 Å². The van der Waals surface area contributed by atoms with E-state index >= 15 is 0 Å². The second-order valence-electron chi connectivity index (χ2n) is 15.3. The number of carbonyl (C=O) groups excluding carboxylic acids is 1. The molecule has 228 valence electrons. The summed E-state index contributed by atoms with van der Waals surface area (Å²) in [5.41, 5.74) is -0.880. The number of carbonyl (C=O) groups is 1. The Balaban J connectivity index is 4.59. The highest BCUT2D eigenvalue weighted by molar-refractivity contribution is 5.73. The Kier molecular flexibility index (Phi) is 15.1. The van der Waals surface area contributed by atoms with E-state index in [4.69, 9.17) is 23.7 Å². The fraction of sp³-hybridized carbons (Fsp3) is 0.969. The summed E-state index contributed by atoms with van der Waals surface area (Å²) in [6.07, 6.45) is 2.76. The van der Waals surface area contributed by atoms with Gasteiger partial charge in [-0.05, 0) is 84.0 Å². The van der Waals surface area contributed by atoms with Crippen LogP contribution < -0.4 is 0 Å². The van der Waals surface area contributed by atoms with Crippen LogP contribution in [0, 0.1) is 22.2 Å². The van der Waals surface area contributed by atoms with Crippen LogP contribution in [0.1, 0.15) is 123 Å². The summed E-state index contributed by atoms with van der Waals surface area (Å²) in [6, 6.07) is 0. The van der Waals surface area contributed by atoms with Crippen molar-refractivity contribution in [2.75, 3.05) is 33.0 Å². The summed E-state index contributed by atoms with van der Waals surface area (Å²) < 4.78 is 29.7. The lowest BCUT2D eigenvalue weighted by molar-refractivity contribution is -0.158. The van der Waals surface area contributed by atoms with Gasteiger partial charge in [-0.25, -0.2) is 0 Å². The van der Waals surface area contributed by atoms with Gasteiger partial charge < -0.3 is 23.7 Å². The summed E-state index contributed by atoms with van der Waals surface area (Å²) in [6.45, 7) is 34.3. The molecule has 0 aromatic rings. The molecule has 6 heteroatoms. The molecule has 0 fully saturated rings. The number of ether oxygens (including phenoxy) is 5. The molecule has 0 heterocycles. The van der Waals surface area contributed by atoms with Crippen LogP contribution in [0.2, 0.25) is 0 Å². The first-order valence-corrected chi connectivity index (χ1v) is 14.7. The summed E-state index contributed by atoms with van der Waals surface area (Å²) in [7, 11) is 0. The summed E-state index contributed by atoms with van der Waals surface area (Å²) in [4.78, 5) is 12.8. The van der Waals surface area contributed by atoms with Crippen LogP contribution in [0.25, 0.3) is 0 Å². The zero-order valence-electron chi connectivity index (χ0n) is 27.8. The van der Waals surface area contributed by atoms with Gasteiger partial charge in [0.1, 0.15) is 6.61 Å². The minimum absolute atomic E-state index is 0.0608. The van der Waals surface area contributed by atoms with Crippen LogP contribution >= 0.6 is 0 Å². The molecule has 0 aliphatic rings. The molecule has 2 unspecified atom stereocenters. The smallest absolute Gasteiger partial charge is 0.309 e. The van der Waals surface area contributed by atoms with Crippen LogP contribution in [0.3, 0.4) is 0 Å². The molecular weight excluding hydrogens is 480 g/mol. The lowest BCUT2D eigenvalue weighted by atomic mass is 9.72. The van der Waals surface area contributed by atoms with Crippen LogP contribution in [0.4, 0.5) is 0 Å². The molecule has 0 bridgehead atoms. The first-order chi connectivity index (χ1) is 17.0. The Morgan fingerprint density at radius 2 is 1.21 bits per heavy atom. The van der Waals surface area contributed by atoms with Crippen molar-refractivity contribution >= 4 is 5.97 Å². The fourth-order valence-corrected chi connectivity index (χ4v) is 4.29. The zero-order valence-corrected chi connectivity index (χ0v) is 27.8. The van der Waals surface area contributed by atoms with E-state index < -0.39 is 0 Å².